The number of hydrogen-bond donors (Lipinski definition) is 1. The molecule has 1 rings (SSSR count). The van der Waals surface area contributed by atoms with Crippen LogP contribution >= 0.6 is 0 Å². The normalized spacial score (nSPS) is 12.6. The van der Waals surface area contributed by atoms with Crippen molar-refractivity contribution in [3.8, 4) is 5.75 Å². The van der Waals surface area contributed by atoms with Gasteiger partial charge in [-0.2, -0.15) is 0 Å². The van der Waals surface area contributed by atoms with Crippen LogP contribution in [0.2, 0.25) is 0 Å². The molecule has 4 nitrogen and oxygen atoms in total. The fourth-order valence-electron chi connectivity index (χ4n) is 1.90. The van der Waals surface area contributed by atoms with E-state index in [1.54, 1.807) is 7.11 Å². The van der Waals surface area contributed by atoms with Crippen molar-refractivity contribution in [3.63, 3.8) is 0 Å². The maximum absolute atomic E-state index is 5.65. The van der Waals surface area contributed by atoms with E-state index in [9.17, 15) is 0 Å². The lowest BCUT2D eigenvalue weighted by molar-refractivity contribution is -0.00214. The van der Waals surface area contributed by atoms with Crippen molar-refractivity contribution in [2.45, 2.75) is 33.4 Å². The summed E-state index contributed by atoms with van der Waals surface area (Å²) in [5.74, 6) is 1.55. The fraction of sp³-hybridized carbons (Fsp3) is 0.647. The molecule has 0 radical (unpaired) electrons. The second kappa shape index (κ2) is 10.6. The first kappa shape index (κ1) is 18.0. The molecule has 0 aliphatic carbocycles. The number of benzene rings is 1. The summed E-state index contributed by atoms with van der Waals surface area (Å²) >= 11 is 0. The molecule has 0 aliphatic heterocycles. The smallest absolute Gasteiger partial charge is 0.119 e. The van der Waals surface area contributed by atoms with Crippen LogP contribution in [0, 0.1) is 5.92 Å². The van der Waals surface area contributed by atoms with Gasteiger partial charge in [0.15, 0.2) is 0 Å². The molecule has 0 bridgehead atoms. The van der Waals surface area contributed by atoms with Gasteiger partial charge in [-0.25, -0.2) is 0 Å². The Morgan fingerprint density at radius 2 is 1.76 bits per heavy atom. The van der Waals surface area contributed by atoms with E-state index in [2.05, 4.69) is 31.3 Å². The van der Waals surface area contributed by atoms with Crippen LogP contribution in [0.3, 0.4) is 0 Å². The number of nitrogens with one attached hydrogen (secondary N) is 1. The lowest BCUT2D eigenvalue weighted by Gasteiger charge is -2.13. The van der Waals surface area contributed by atoms with E-state index in [0.717, 1.165) is 18.8 Å². The summed E-state index contributed by atoms with van der Waals surface area (Å²) in [6.45, 7) is 10.1. The minimum absolute atomic E-state index is 0.105. The van der Waals surface area contributed by atoms with Crippen molar-refractivity contribution in [1.29, 1.82) is 0 Å². The average Bonchev–Trinajstić information content (AvgIpc) is 2.45. The van der Waals surface area contributed by atoms with Gasteiger partial charge in [0.1, 0.15) is 12.4 Å². The Kier molecular flexibility index (Phi) is 9.06. The molecule has 0 heterocycles. The topological polar surface area (TPSA) is 39.7 Å². The first-order chi connectivity index (χ1) is 10.1. The highest BCUT2D eigenvalue weighted by Gasteiger charge is 2.01. The van der Waals surface area contributed by atoms with Crippen molar-refractivity contribution >= 4 is 0 Å². The number of hydrogen-bond acceptors (Lipinski definition) is 4. The van der Waals surface area contributed by atoms with Crippen LogP contribution < -0.4 is 10.1 Å². The molecule has 1 N–H and O–H groups in total. The summed E-state index contributed by atoms with van der Waals surface area (Å²) in [5, 5.41) is 3.42. The van der Waals surface area contributed by atoms with Gasteiger partial charge in [-0.3, -0.25) is 0 Å². The van der Waals surface area contributed by atoms with Gasteiger partial charge in [0.2, 0.25) is 0 Å². The van der Waals surface area contributed by atoms with Gasteiger partial charge in [-0.05, 0) is 37.1 Å². The first-order valence-corrected chi connectivity index (χ1v) is 7.64. The van der Waals surface area contributed by atoms with Crippen molar-refractivity contribution in [1.82, 2.24) is 5.32 Å². The minimum Gasteiger partial charge on any atom is -0.491 e. The molecule has 1 unspecified atom stereocenters. The predicted octanol–water partition coefficient (Wildman–Crippen LogP) is 2.86. The van der Waals surface area contributed by atoms with Crippen LogP contribution in [-0.4, -0.2) is 39.6 Å². The summed E-state index contributed by atoms with van der Waals surface area (Å²) in [5.41, 5.74) is 1.27. The molecular formula is C17H29NO3. The second-order valence-corrected chi connectivity index (χ2v) is 5.65. The summed E-state index contributed by atoms with van der Waals surface area (Å²) in [4.78, 5) is 0. The molecule has 1 aromatic rings. The van der Waals surface area contributed by atoms with Gasteiger partial charge in [-0.15, -0.1) is 0 Å². The Morgan fingerprint density at radius 1 is 1.05 bits per heavy atom. The molecule has 0 saturated heterocycles. The van der Waals surface area contributed by atoms with Crippen LogP contribution in [0.25, 0.3) is 0 Å². The third-order valence-electron chi connectivity index (χ3n) is 2.96. The van der Waals surface area contributed by atoms with E-state index in [0.29, 0.717) is 25.7 Å². The van der Waals surface area contributed by atoms with Gasteiger partial charge < -0.3 is 19.5 Å². The van der Waals surface area contributed by atoms with E-state index in [4.69, 9.17) is 14.2 Å². The van der Waals surface area contributed by atoms with Gasteiger partial charge in [0.25, 0.3) is 0 Å². The van der Waals surface area contributed by atoms with Crippen LogP contribution in [-0.2, 0) is 16.0 Å². The second-order valence-electron chi connectivity index (χ2n) is 5.65. The zero-order chi connectivity index (χ0) is 15.5. The molecule has 21 heavy (non-hydrogen) atoms. The lowest BCUT2D eigenvalue weighted by atomic mass is 10.2. The molecule has 120 valence electrons. The molecule has 0 amide bonds. The molecule has 1 atom stereocenters. The summed E-state index contributed by atoms with van der Waals surface area (Å²) in [7, 11) is 1.67. The molecular weight excluding hydrogens is 266 g/mol. The number of rotatable bonds is 11. The first-order valence-electron chi connectivity index (χ1n) is 7.64. The van der Waals surface area contributed by atoms with Gasteiger partial charge in [0, 0.05) is 13.7 Å². The van der Waals surface area contributed by atoms with Crippen molar-refractivity contribution in [3.05, 3.63) is 29.8 Å². The third-order valence-corrected chi connectivity index (χ3v) is 2.96. The average molecular weight is 295 g/mol. The Labute approximate surface area is 128 Å². The Bertz CT molecular complexity index is 365. The molecule has 4 heteroatoms. The zero-order valence-electron chi connectivity index (χ0n) is 13.7. The van der Waals surface area contributed by atoms with Crippen molar-refractivity contribution in [2.24, 2.45) is 5.92 Å². The largest absolute Gasteiger partial charge is 0.491 e. The van der Waals surface area contributed by atoms with E-state index in [-0.39, 0.29) is 6.10 Å². The maximum Gasteiger partial charge on any atom is 0.119 e. The maximum atomic E-state index is 5.65. The SMILES string of the molecule is COCC(C)OCCOc1ccc(CNCC(C)C)cc1. The third kappa shape index (κ3) is 8.71. The van der Waals surface area contributed by atoms with Gasteiger partial charge >= 0.3 is 0 Å². The molecule has 0 aliphatic rings. The Hall–Kier alpha value is -1.10. The summed E-state index contributed by atoms with van der Waals surface area (Å²) in [6, 6.07) is 8.20. The Morgan fingerprint density at radius 3 is 2.38 bits per heavy atom. The van der Waals surface area contributed by atoms with Crippen LogP contribution in [0.1, 0.15) is 26.3 Å². The quantitative estimate of drug-likeness (QED) is 0.637. The molecule has 0 saturated carbocycles. The fourth-order valence-corrected chi connectivity index (χ4v) is 1.90. The van der Waals surface area contributed by atoms with Gasteiger partial charge in [-0.1, -0.05) is 26.0 Å². The highest BCUT2D eigenvalue weighted by molar-refractivity contribution is 5.27. The van der Waals surface area contributed by atoms with Crippen molar-refractivity contribution in [2.75, 3.05) is 33.5 Å². The number of methoxy groups -OCH3 is 1. The van der Waals surface area contributed by atoms with Gasteiger partial charge in [0.05, 0.1) is 19.3 Å². The highest BCUT2D eigenvalue weighted by Crippen LogP contribution is 2.12. The zero-order valence-corrected chi connectivity index (χ0v) is 13.7. The van der Waals surface area contributed by atoms with E-state index in [1.807, 2.05) is 19.1 Å². The monoisotopic (exact) mass is 295 g/mol. The molecule has 0 spiro atoms. The van der Waals surface area contributed by atoms with Crippen molar-refractivity contribution < 1.29 is 14.2 Å². The lowest BCUT2D eigenvalue weighted by Crippen LogP contribution is -2.19. The summed E-state index contributed by atoms with van der Waals surface area (Å²) < 4.78 is 16.2. The van der Waals surface area contributed by atoms with E-state index < -0.39 is 0 Å². The Balaban J connectivity index is 2.19. The molecule has 1 aromatic carbocycles. The van der Waals surface area contributed by atoms with Crippen LogP contribution in [0.4, 0.5) is 0 Å². The van der Waals surface area contributed by atoms with E-state index >= 15 is 0 Å². The predicted molar refractivity (Wildman–Crippen MR) is 85.8 cm³/mol. The molecule has 0 fully saturated rings. The van der Waals surface area contributed by atoms with E-state index in [1.165, 1.54) is 5.56 Å². The van der Waals surface area contributed by atoms with Crippen LogP contribution in [0.5, 0.6) is 5.75 Å². The highest BCUT2D eigenvalue weighted by atomic mass is 16.5. The number of ether oxygens (including phenoxy) is 3. The standard InChI is InChI=1S/C17H29NO3/c1-14(2)11-18-12-16-5-7-17(8-6-16)21-10-9-20-15(3)13-19-4/h5-8,14-15,18H,9-13H2,1-4H3. The molecule has 0 aromatic heterocycles. The minimum atomic E-state index is 0.105. The van der Waals surface area contributed by atoms with Crippen LogP contribution in [0.15, 0.2) is 24.3 Å². The summed E-state index contributed by atoms with van der Waals surface area (Å²) in [6.07, 6.45) is 0.105.